The largest absolute Gasteiger partial charge is 0.356 e. The molecule has 0 bridgehead atoms. The first-order valence-corrected chi connectivity index (χ1v) is 8.14. The first kappa shape index (κ1) is 14.2. The highest BCUT2D eigenvalue weighted by Crippen LogP contribution is 2.21. The number of rotatable bonds is 4. The third kappa shape index (κ3) is 4.43. The molecule has 1 saturated heterocycles. The number of sulfonamides is 1. The number of anilines is 1. The van der Waals surface area contributed by atoms with Crippen molar-refractivity contribution in [1.82, 2.24) is 9.71 Å². The Balaban J connectivity index is 1.95. The molecular formula is C12H18FN3O2S. The summed E-state index contributed by atoms with van der Waals surface area (Å²) in [5.74, 6) is 0.650. The van der Waals surface area contributed by atoms with Gasteiger partial charge in [0.15, 0.2) is 0 Å². The van der Waals surface area contributed by atoms with Crippen molar-refractivity contribution in [2.24, 2.45) is 5.92 Å². The number of piperidine rings is 1. The van der Waals surface area contributed by atoms with Crippen molar-refractivity contribution in [2.75, 3.05) is 30.8 Å². The fourth-order valence-electron chi connectivity index (χ4n) is 2.26. The van der Waals surface area contributed by atoms with E-state index in [9.17, 15) is 12.8 Å². The van der Waals surface area contributed by atoms with Gasteiger partial charge in [-0.05, 0) is 30.9 Å². The molecule has 2 rings (SSSR count). The Kier molecular flexibility index (Phi) is 4.36. The number of hydrogen-bond donors (Lipinski definition) is 1. The molecule has 1 aliphatic heterocycles. The minimum Gasteiger partial charge on any atom is -0.356 e. The Morgan fingerprint density at radius 2 is 2.32 bits per heavy atom. The van der Waals surface area contributed by atoms with Crippen LogP contribution in [0.5, 0.6) is 0 Å². The molecule has 0 amide bonds. The number of pyridine rings is 1. The minimum atomic E-state index is -3.14. The lowest BCUT2D eigenvalue weighted by Gasteiger charge is -2.33. The molecule has 19 heavy (non-hydrogen) atoms. The van der Waals surface area contributed by atoms with Crippen LogP contribution in [0.3, 0.4) is 0 Å². The molecule has 0 aliphatic carbocycles. The summed E-state index contributed by atoms with van der Waals surface area (Å²) in [7, 11) is -3.14. The zero-order valence-corrected chi connectivity index (χ0v) is 11.7. The molecule has 1 N–H and O–H groups in total. The Bertz CT molecular complexity index is 518. The molecule has 1 fully saturated rings. The van der Waals surface area contributed by atoms with Crippen LogP contribution in [0.15, 0.2) is 18.3 Å². The van der Waals surface area contributed by atoms with E-state index in [-0.39, 0.29) is 11.7 Å². The van der Waals surface area contributed by atoms with Crippen LogP contribution in [0.2, 0.25) is 0 Å². The maximum absolute atomic E-state index is 12.8. The van der Waals surface area contributed by atoms with Gasteiger partial charge in [-0.3, -0.25) is 0 Å². The Labute approximate surface area is 112 Å². The summed E-state index contributed by atoms with van der Waals surface area (Å²) in [6.45, 7) is 2.05. The van der Waals surface area contributed by atoms with E-state index in [0.29, 0.717) is 6.54 Å². The number of nitrogens with one attached hydrogen (secondary N) is 1. The van der Waals surface area contributed by atoms with Crippen molar-refractivity contribution in [1.29, 1.82) is 0 Å². The maximum Gasteiger partial charge on any atom is 0.208 e. The predicted octanol–water partition coefficient (Wildman–Crippen LogP) is 0.986. The van der Waals surface area contributed by atoms with Gasteiger partial charge in [0, 0.05) is 19.6 Å². The van der Waals surface area contributed by atoms with Crippen LogP contribution >= 0.6 is 0 Å². The summed E-state index contributed by atoms with van der Waals surface area (Å²) < 4.78 is 37.5. The second kappa shape index (κ2) is 5.83. The number of hydrogen-bond acceptors (Lipinski definition) is 4. The minimum absolute atomic E-state index is 0.260. The van der Waals surface area contributed by atoms with Gasteiger partial charge in [0.2, 0.25) is 10.0 Å². The van der Waals surface area contributed by atoms with Crippen LogP contribution in [-0.4, -0.2) is 39.3 Å². The zero-order valence-electron chi connectivity index (χ0n) is 10.8. The van der Waals surface area contributed by atoms with Crippen LogP contribution < -0.4 is 9.62 Å². The molecule has 1 aliphatic rings. The zero-order chi connectivity index (χ0) is 13.9. The summed E-state index contributed by atoms with van der Waals surface area (Å²) in [6, 6.07) is 3.04. The Morgan fingerprint density at radius 3 is 2.95 bits per heavy atom. The molecular weight excluding hydrogens is 269 g/mol. The summed E-state index contributed by atoms with van der Waals surface area (Å²) in [5, 5.41) is 0. The van der Waals surface area contributed by atoms with Crippen molar-refractivity contribution >= 4 is 15.8 Å². The third-order valence-electron chi connectivity index (χ3n) is 3.19. The summed E-state index contributed by atoms with van der Waals surface area (Å²) in [4.78, 5) is 6.12. The molecule has 0 spiro atoms. The van der Waals surface area contributed by atoms with Crippen LogP contribution in [0.25, 0.3) is 0 Å². The van der Waals surface area contributed by atoms with E-state index in [1.165, 1.54) is 12.3 Å². The Hall–Kier alpha value is -1.21. The fourth-order valence-corrected chi connectivity index (χ4v) is 2.80. The second-order valence-electron chi connectivity index (χ2n) is 4.91. The fraction of sp³-hybridized carbons (Fsp3) is 0.583. The van der Waals surface area contributed by atoms with Gasteiger partial charge in [0.25, 0.3) is 0 Å². The van der Waals surface area contributed by atoms with Crippen LogP contribution in [-0.2, 0) is 10.0 Å². The topological polar surface area (TPSA) is 62.3 Å². The molecule has 0 saturated carbocycles. The SMILES string of the molecule is CS(=O)(=O)NCC1CCCN(c2ccc(F)cn2)C1. The van der Waals surface area contributed by atoms with Crippen molar-refractivity contribution in [3.8, 4) is 0 Å². The van der Waals surface area contributed by atoms with Crippen molar-refractivity contribution in [3.63, 3.8) is 0 Å². The quantitative estimate of drug-likeness (QED) is 0.897. The van der Waals surface area contributed by atoms with E-state index in [1.807, 2.05) is 0 Å². The molecule has 1 unspecified atom stereocenters. The summed E-state index contributed by atoms with van der Waals surface area (Å²) in [6.07, 6.45) is 4.33. The van der Waals surface area contributed by atoms with Gasteiger partial charge >= 0.3 is 0 Å². The smallest absolute Gasteiger partial charge is 0.208 e. The normalized spacial score (nSPS) is 20.5. The molecule has 1 aromatic rings. The molecule has 5 nitrogen and oxygen atoms in total. The Morgan fingerprint density at radius 1 is 1.53 bits per heavy atom. The van der Waals surface area contributed by atoms with E-state index in [4.69, 9.17) is 0 Å². The van der Waals surface area contributed by atoms with Gasteiger partial charge in [0.1, 0.15) is 11.6 Å². The van der Waals surface area contributed by atoms with Crippen molar-refractivity contribution in [2.45, 2.75) is 12.8 Å². The molecule has 106 valence electrons. The molecule has 0 radical (unpaired) electrons. The van der Waals surface area contributed by atoms with Gasteiger partial charge in [-0.1, -0.05) is 0 Å². The highest BCUT2D eigenvalue weighted by Gasteiger charge is 2.21. The van der Waals surface area contributed by atoms with Crippen molar-refractivity contribution in [3.05, 3.63) is 24.1 Å². The average Bonchev–Trinajstić information content (AvgIpc) is 2.37. The molecule has 7 heteroatoms. The van der Waals surface area contributed by atoms with Gasteiger partial charge in [-0.15, -0.1) is 0 Å². The first-order valence-electron chi connectivity index (χ1n) is 6.25. The maximum atomic E-state index is 12.8. The lowest BCUT2D eigenvalue weighted by atomic mass is 9.98. The summed E-state index contributed by atoms with van der Waals surface area (Å²) in [5.41, 5.74) is 0. The van der Waals surface area contributed by atoms with Gasteiger partial charge in [-0.25, -0.2) is 22.5 Å². The first-order chi connectivity index (χ1) is 8.94. The highest BCUT2D eigenvalue weighted by molar-refractivity contribution is 7.88. The van der Waals surface area contributed by atoms with Crippen molar-refractivity contribution < 1.29 is 12.8 Å². The van der Waals surface area contributed by atoms with E-state index in [1.54, 1.807) is 6.07 Å². The predicted molar refractivity (Wildman–Crippen MR) is 72.0 cm³/mol. The van der Waals surface area contributed by atoms with Gasteiger partial charge in [-0.2, -0.15) is 0 Å². The highest BCUT2D eigenvalue weighted by atomic mass is 32.2. The van der Waals surface area contributed by atoms with Gasteiger partial charge in [0.05, 0.1) is 12.5 Å². The van der Waals surface area contributed by atoms with E-state index in [2.05, 4.69) is 14.6 Å². The lowest BCUT2D eigenvalue weighted by molar-refractivity contribution is 0.409. The van der Waals surface area contributed by atoms with Crippen LogP contribution in [0, 0.1) is 11.7 Å². The van der Waals surface area contributed by atoms with Gasteiger partial charge < -0.3 is 4.90 Å². The monoisotopic (exact) mass is 287 g/mol. The molecule has 1 atom stereocenters. The van der Waals surface area contributed by atoms with E-state index in [0.717, 1.165) is 38.0 Å². The number of nitrogens with zero attached hydrogens (tertiary/aromatic N) is 2. The average molecular weight is 287 g/mol. The number of aromatic nitrogens is 1. The lowest BCUT2D eigenvalue weighted by Crippen LogP contribution is -2.41. The molecule has 0 aromatic carbocycles. The second-order valence-corrected chi connectivity index (χ2v) is 6.74. The molecule has 2 heterocycles. The summed E-state index contributed by atoms with van der Waals surface area (Å²) >= 11 is 0. The van der Waals surface area contributed by atoms with E-state index >= 15 is 0 Å². The van der Waals surface area contributed by atoms with E-state index < -0.39 is 10.0 Å². The number of halogens is 1. The molecule has 1 aromatic heterocycles. The standard InChI is InChI=1S/C12H18FN3O2S/c1-19(17,18)15-7-10-3-2-6-16(9-10)12-5-4-11(13)8-14-12/h4-5,8,10,15H,2-3,6-7,9H2,1H3. The van der Waals surface area contributed by atoms with Crippen LogP contribution in [0.1, 0.15) is 12.8 Å². The van der Waals surface area contributed by atoms with Crippen LogP contribution in [0.4, 0.5) is 10.2 Å². The third-order valence-corrected chi connectivity index (χ3v) is 3.88.